The number of rotatable bonds is 0. The summed E-state index contributed by atoms with van der Waals surface area (Å²) in [7, 11) is 0. The van der Waals surface area contributed by atoms with Gasteiger partial charge in [-0.25, -0.2) is 5.26 Å². The molecule has 0 aliphatic carbocycles. The van der Waals surface area contributed by atoms with Crippen molar-refractivity contribution in [3.05, 3.63) is 0 Å². The minimum absolute atomic E-state index is 0. The Morgan fingerprint density at radius 1 is 1.44 bits per heavy atom. The number of hydrogen-bond donors (Lipinski definition) is 2. The number of nitriles is 1. The second-order valence-corrected chi connectivity index (χ2v) is 2.42. The Kier molecular flexibility index (Phi) is 16.4. The number of hydrogen-bond acceptors (Lipinski definition) is 4. The van der Waals surface area contributed by atoms with Crippen LogP contribution in [0.4, 0.5) is 0 Å². The Morgan fingerprint density at radius 3 is 1.44 bits per heavy atom. The SMILES string of the molecule is N#C[O-].O=[Se](=O)(O)O.[K+]. The molecule has 6 nitrogen and oxygen atoms in total. The van der Waals surface area contributed by atoms with Crippen LogP contribution in [0, 0.1) is 11.5 Å². The summed E-state index contributed by atoms with van der Waals surface area (Å²) in [4.78, 5) is 0. The van der Waals surface area contributed by atoms with E-state index in [1.165, 1.54) is 0 Å². The van der Waals surface area contributed by atoms with Gasteiger partial charge in [0.2, 0.25) is 0 Å². The molecule has 0 unspecified atom stereocenters. The zero-order chi connectivity index (χ0) is 7.21. The molecular weight excluding hydrogens is 224 g/mol. The summed E-state index contributed by atoms with van der Waals surface area (Å²) in [5, 5.41) is 15.0. The molecule has 0 aromatic rings. The van der Waals surface area contributed by atoms with Crippen LogP contribution >= 0.6 is 0 Å². The predicted molar refractivity (Wildman–Crippen MR) is 17.2 cm³/mol. The molecule has 0 aliphatic rings. The van der Waals surface area contributed by atoms with E-state index in [0.717, 1.165) is 0 Å². The summed E-state index contributed by atoms with van der Waals surface area (Å²) in [6.45, 7) is 0. The largest absolute Gasteiger partial charge is 1.00 e. The van der Waals surface area contributed by atoms with Gasteiger partial charge in [0.05, 0.1) is 0 Å². The first-order chi connectivity index (χ1) is 3.41. The van der Waals surface area contributed by atoms with Crippen LogP contribution in [-0.4, -0.2) is 21.7 Å². The van der Waals surface area contributed by atoms with Gasteiger partial charge in [0.15, 0.2) is 0 Å². The molecule has 0 saturated heterocycles. The average Bonchev–Trinajstić information content (AvgIpc) is 1.27. The average molecular weight is 226 g/mol. The maximum Gasteiger partial charge on any atom is 1.00 e. The zero-order valence-corrected chi connectivity index (χ0v) is 9.31. The normalized spacial score (nSPS) is 7.22. The minimum atomic E-state index is -5.25. The van der Waals surface area contributed by atoms with Crippen molar-refractivity contribution in [2.45, 2.75) is 0 Å². The van der Waals surface area contributed by atoms with Crippen molar-refractivity contribution >= 4 is 13.4 Å². The van der Waals surface area contributed by atoms with Gasteiger partial charge in [0.1, 0.15) is 0 Å². The molecule has 0 rings (SSSR count). The van der Waals surface area contributed by atoms with Gasteiger partial charge >= 0.3 is 80.8 Å². The smallest absolute Gasteiger partial charge is 1.00 e. The van der Waals surface area contributed by atoms with Gasteiger partial charge in [-0.05, 0) is 0 Å². The fourth-order valence-electron chi connectivity index (χ4n) is 0. The molecule has 0 aromatic carbocycles. The summed E-state index contributed by atoms with van der Waals surface area (Å²) in [5.41, 5.74) is 0. The van der Waals surface area contributed by atoms with Crippen LogP contribution in [0.3, 0.4) is 0 Å². The third-order valence-corrected chi connectivity index (χ3v) is 0. The van der Waals surface area contributed by atoms with Crippen molar-refractivity contribution in [3.8, 4) is 6.26 Å². The van der Waals surface area contributed by atoms with E-state index < -0.39 is 13.4 Å². The maximum absolute atomic E-state index is 8.82. The van der Waals surface area contributed by atoms with Crippen LogP contribution in [0.1, 0.15) is 0 Å². The van der Waals surface area contributed by atoms with Gasteiger partial charge in [0.25, 0.3) is 0 Å². The van der Waals surface area contributed by atoms with Gasteiger partial charge in [-0.15, -0.1) is 0 Å². The van der Waals surface area contributed by atoms with E-state index >= 15 is 0 Å². The van der Waals surface area contributed by atoms with E-state index in [9.17, 15) is 0 Å². The van der Waals surface area contributed by atoms with E-state index in [2.05, 4.69) is 0 Å². The van der Waals surface area contributed by atoms with Crippen molar-refractivity contribution in [3.63, 3.8) is 0 Å². The molecule has 0 saturated carbocycles. The Labute approximate surface area is 95.8 Å². The van der Waals surface area contributed by atoms with Crippen molar-refractivity contribution < 1.29 is 72.5 Å². The molecule has 0 bridgehead atoms. The van der Waals surface area contributed by atoms with Crippen molar-refractivity contribution in [1.29, 1.82) is 5.26 Å². The molecule has 8 heteroatoms. The van der Waals surface area contributed by atoms with Crippen LogP contribution in [0.25, 0.3) is 0 Å². The Balaban J connectivity index is -0.0000000800. The van der Waals surface area contributed by atoms with Crippen LogP contribution in [-0.2, 0) is 7.67 Å². The van der Waals surface area contributed by atoms with Crippen LogP contribution in [0.15, 0.2) is 0 Å². The summed E-state index contributed by atoms with van der Waals surface area (Å²) in [6.07, 6.45) is 0.500. The second kappa shape index (κ2) is 8.97. The summed E-state index contributed by atoms with van der Waals surface area (Å²) in [6, 6.07) is 0. The summed E-state index contributed by atoms with van der Waals surface area (Å²) >= 11 is -5.25. The summed E-state index contributed by atoms with van der Waals surface area (Å²) in [5.74, 6) is 0. The molecule has 0 atom stereocenters. The maximum atomic E-state index is 8.82. The number of nitrogens with zero attached hydrogens (tertiary/aromatic N) is 1. The molecule has 0 aromatic heterocycles. The molecule has 0 heterocycles. The van der Waals surface area contributed by atoms with Crippen LogP contribution < -0.4 is 56.5 Å². The van der Waals surface area contributed by atoms with Crippen molar-refractivity contribution in [2.24, 2.45) is 0 Å². The topological polar surface area (TPSA) is 121 Å². The molecule has 0 aliphatic heterocycles. The van der Waals surface area contributed by atoms with E-state index in [1.807, 2.05) is 0 Å². The van der Waals surface area contributed by atoms with E-state index in [4.69, 9.17) is 26.4 Å². The molecule has 0 amide bonds. The quantitative estimate of drug-likeness (QED) is 0.313. The van der Waals surface area contributed by atoms with E-state index in [-0.39, 0.29) is 51.4 Å². The fourth-order valence-corrected chi connectivity index (χ4v) is 0. The van der Waals surface area contributed by atoms with Gasteiger partial charge in [0, 0.05) is 6.26 Å². The first-order valence-corrected chi connectivity index (χ1v) is 4.06. The Bertz CT molecular complexity index is 158. The molecule has 0 radical (unpaired) electrons. The van der Waals surface area contributed by atoms with Crippen LogP contribution in [0.5, 0.6) is 0 Å². The third-order valence-electron chi connectivity index (χ3n) is 0. The first-order valence-electron chi connectivity index (χ1n) is 1.13. The van der Waals surface area contributed by atoms with Crippen LogP contribution in [0.2, 0.25) is 0 Å². The molecule has 0 fully saturated rings. The molecule has 2 N–H and O–H groups in total. The monoisotopic (exact) mass is 227 g/mol. The second-order valence-electron chi connectivity index (χ2n) is 0.539. The standard InChI is InChI=1S/CHNO.K.H2O4Se/c2-1-3;;1-5(2,3)4/h3H;;(H2,1,2,3,4)/q;+1;/p-1. The third kappa shape index (κ3) is 466. The fraction of sp³-hybridized carbons (Fsp3) is 0. The Hall–Kier alpha value is 0.966. The minimum Gasteiger partial charge on any atom is 1.00 e. The van der Waals surface area contributed by atoms with Gasteiger partial charge in [-0.1, -0.05) is 0 Å². The Morgan fingerprint density at radius 2 is 1.44 bits per heavy atom. The van der Waals surface area contributed by atoms with Gasteiger partial charge in [-0.3, -0.25) is 0 Å². The summed E-state index contributed by atoms with van der Waals surface area (Å²) < 4.78 is 31.9. The van der Waals surface area contributed by atoms with Crippen molar-refractivity contribution in [2.75, 3.05) is 0 Å². The first kappa shape index (κ1) is 16.5. The van der Waals surface area contributed by atoms with E-state index in [0.29, 0.717) is 6.26 Å². The van der Waals surface area contributed by atoms with Gasteiger partial charge in [-0.2, -0.15) is 0 Å². The molecular formula is CH2KNO5Se. The zero-order valence-electron chi connectivity index (χ0n) is 4.47. The van der Waals surface area contributed by atoms with Crippen molar-refractivity contribution in [1.82, 2.24) is 0 Å². The predicted octanol–water partition coefficient (Wildman–Crippen LogP) is -5.90. The molecule has 9 heavy (non-hydrogen) atoms. The molecule has 48 valence electrons. The van der Waals surface area contributed by atoms with E-state index in [1.54, 1.807) is 0 Å². The van der Waals surface area contributed by atoms with Gasteiger partial charge < -0.3 is 5.11 Å². The molecule has 0 spiro atoms.